The minimum Gasteiger partial charge on any atom is -0.495 e. The summed E-state index contributed by atoms with van der Waals surface area (Å²) in [5.74, 6) is -2.82. The topological polar surface area (TPSA) is 138 Å². The molecule has 1 aliphatic heterocycles. The molecule has 3 rings (SSSR count). The molecule has 2 amide bonds. The largest absolute Gasteiger partial charge is 0.495 e. The highest BCUT2D eigenvalue weighted by atomic mass is 35.5. The van der Waals surface area contributed by atoms with Crippen molar-refractivity contribution < 1.29 is 33.4 Å². The van der Waals surface area contributed by atoms with Gasteiger partial charge in [0.1, 0.15) is 17.9 Å². The maximum Gasteiger partial charge on any atom is 0.347 e. The molecule has 0 unspecified atom stereocenters. The van der Waals surface area contributed by atoms with Crippen LogP contribution in [0.4, 0.5) is 0 Å². The van der Waals surface area contributed by atoms with Gasteiger partial charge in [0.25, 0.3) is 0 Å². The second-order valence-corrected chi connectivity index (χ2v) is 12.1. The number of aromatic nitrogens is 2. The number of rotatable bonds is 8. The van der Waals surface area contributed by atoms with Crippen molar-refractivity contribution in [2.45, 2.75) is 65.2 Å². The molecule has 11 nitrogen and oxygen atoms in total. The van der Waals surface area contributed by atoms with Crippen LogP contribution >= 0.6 is 11.6 Å². The number of aryl methyl sites for hydroxylation is 1. The van der Waals surface area contributed by atoms with Crippen LogP contribution in [-0.4, -0.2) is 65.4 Å². The number of hydrogen-bond donors (Lipinski definition) is 2. The Labute approximate surface area is 269 Å². The fraction of sp³-hybridized carbons (Fsp3) is 0.485. The second-order valence-electron chi connectivity index (χ2n) is 11.7. The molecule has 0 bridgehead atoms. The molecular formula is C33H43ClN4O7. The first-order valence-electron chi connectivity index (χ1n) is 15.0. The molecule has 1 aromatic heterocycles. The number of benzene rings is 1. The third kappa shape index (κ3) is 11.1. The summed E-state index contributed by atoms with van der Waals surface area (Å²) in [5.41, 5.74) is 1.58. The van der Waals surface area contributed by atoms with E-state index in [1.54, 1.807) is 42.1 Å². The van der Waals surface area contributed by atoms with Crippen LogP contribution in [0.25, 0.3) is 6.08 Å². The van der Waals surface area contributed by atoms with E-state index < -0.39 is 47.9 Å². The molecule has 2 N–H and O–H groups in total. The first-order valence-corrected chi connectivity index (χ1v) is 15.4. The zero-order valence-corrected chi connectivity index (χ0v) is 27.4. The summed E-state index contributed by atoms with van der Waals surface area (Å²) in [7, 11) is 3.32. The van der Waals surface area contributed by atoms with Crippen LogP contribution in [0.5, 0.6) is 5.75 Å². The van der Waals surface area contributed by atoms with Gasteiger partial charge in [0.15, 0.2) is 6.10 Å². The van der Waals surface area contributed by atoms with Gasteiger partial charge in [-0.3, -0.25) is 19.1 Å². The Balaban J connectivity index is 1.89. The Kier molecular flexibility index (Phi) is 13.2. The predicted octanol–water partition coefficient (Wildman–Crippen LogP) is 4.04. The molecule has 45 heavy (non-hydrogen) atoms. The SMILES string of the molecule is COc1ccc(C[C@H]2NC(=O)/C=C\C[C@@H]([C@H](C)/C=C/c3cnn(C)c3)OC(=O)[C@H](CC(C)C)OC(=O)[C@H](C)CNC2=O)cc1Cl. The van der Waals surface area contributed by atoms with Gasteiger partial charge in [-0.2, -0.15) is 5.10 Å². The second kappa shape index (κ2) is 16.8. The molecule has 2 aromatic rings. The fourth-order valence-electron chi connectivity index (χ4n) is 4.66. The van der Waals surface area contributed by atoms with E-state index in [0.717, 1.165) is 5.56 Å². The molecule has 0 saturated carbocycles. The smallest absolute Gasteiger partial charge is 0.347 e. The number of hydrogen-bond acceptors (Lipinski definition) is 8. The van der Waals surface area contributed by atoms with Crippen molar-refractivity contribution in [3.05, 3.63) is 65.0 Å². The maximum absolute atomic E-state index is 13.4. The van der Waals surface area contributed by atoms with Crippen molar-refractivity contribution in [2.24, 2.45) is 24.8 Å². The van der Waals surface area contributed by atoms with Crippen LogP contribution in [0.15, 0.2) is 48.8 Å². The molecular weight excluding hydrogens is 600 g/mol. The first kappa shape index (κ1) is 35.4. The molecule has 0 radical (unpaired) electrons. The van der Waals surface area contributed by atoms with Gasteiger partial charge in [0, 0.05) is 44.1 Å². The molecule has 0 fully saturated rings. The number of halogens is 1. The van der Waals surface area contributed by atoms with Gasteiger partial charge >= 0.3 is 11.9 Å². The minimum absolute atomic E-state index is 0.0353. The summed E-state index contributed by atoms with van der Waals surface area (Å²) in [5, 5.41) is 10.0. The summed E-state index contributed by atoms with van der Waals surface area (Å²) >= 11 is 6.29. The first-order chi connectivity index (χ1) is 21.4. The molecule has 0 spiro atoms. The maximum atomic E-state index is 13.4. The Hall–Kier alpha value is -4.12. The summed E-state index contributed by atoms with van der Waals surface area (Å²) in [6.45, 7) is 7.25. The molecule has 2 heterocycles. The fourth-order valence-corrected chi connectivity index (χ4v) is 4.94. The average Bonchev–Trinajstić information content (AvgIpc) is 3.41. The van der Waals surface area contributed by atoms with E-state index in [-0.39, 0.29) is 37.6 Å². The van der Waals surface area contributed by atoms with E-state index >= 15 is 0 Å². The van der Waals surface area contributed by atoms with E-state index in [2.05, 4.69) is 15.7 Å². The van der Waals surface area contributed by atoms with Gasteiger partial charge in [-0.25, -0.2) is 4.79 Å². The summed E-state index contributed by atoms with van der Waals surface area (Å²) in [4.78, 5) is 52.7. The van der Waals surface area contributed by atoms with Crippen molar-refractivity contribution >= 4 is 41.4 Å². The number of nitrogens with one attached hydrogen (secondary N) is 2. The minimum atomic E-state index is -1.12. The van der Waals surface area contributed by atoms with Crippen molar-refractivity contribution in [3.63, 3.8) is 0 Å². The summed E-state index contributed by atoms with van der Waals surface area (Å²) in [6, 6.07) is 4.14. The number of ether oxygens (including phenoxy) is 3. The molecule has 1 aromatic carbocycles. The van der Waals surface area contributed by atoms with E-state index in [4.69, 9.17) is 25.8 Å². The van der Waals surface area contributed by atoms with Gasteiger partial charge in [-0.15, -0.1) is 0 Å². The number of carbonyl (C=O) groups excluding carboxylic acids is 4. The van der Waals surface area contributed by atoms with Gasteiger partial charge in [-0.05, 0) is 36.1 Å². The van der Waals surface area contributed by atoms with E-state index in [0.29, 0.717) is 16.3 Å². The lowest BCUT2D eigenvalue weighted by Gasteiger charge is -2.26. The molecule has 1 aliphatic rings. The zero-order valence-electron chi connectivity index (χ0n) is 26.6. The van der Waals surface area contributed by atoms with Gasteiger partial charge in [-0.1, -0.05) is 63.6 Å². The van der Waals surface area contributed by atoms with Crippen LogP contribution in [-0.2, 0) is 42.1 Å². The van der Waals surface area contributed by atoms with Gasteiger partial charge in [0.05, 0.1) is 24.2 Å². The number of nitrogens with zero attached hydrogens (tertiary/aromatic N) is 2. The van der Waals surface area contributed by atoms with Gasteiger partial charge < -0.3 is 24.8 Å². The highest BCUT2D eigenvalue weighted by Crippen LogP contribution is 2.26. The lowest BCUT2D eigenvalue weighted by atomic mass is 9.99. The van der Waals surface area contributed by atoms with Crippen LogP contribution < -0.4 is 15.4 Å². The van der Waals surface area contributed by atoms with Crippen LogP contribution in [0.3, 0.4) is 0 Å². The average molecular weight is 643 g/mol. The molecule has 0 saturated heterocycles. The Morgan fingerprint density at radius 3 is 2.56 bits per heavy atom. The number of amides is 2. The van der Waals surface area contributed by atoms with Crippen LogP contribution in [0.1, 0.15) is 51.7 Å². The number of carbonyl (C=O) groups is 4. The molecule has 12 heteroatoms. The van der Waals surface area contributed by atoms with E-state index in [1.165, 1.54) is 13.2 Å². The van der Waals surface area contributed by atoms with Crippen molar-refractivity contribution in [3.8, 4) is 5.75 Å². The Morgan fingerprint density at radius 1 is 1.16 bits per heavy atom. The van der Waals surface area contributed by atoms with Crippen molar-refractivity contribution in [1.29, 1.82) is 0 Å². The van der Waals surface area contributed by atoms with Gasteiger partial charge in [0.2, 0.25) is 11.8 Å². The highest BCUT2D eigenvalue weighted by Gasteiger charge is 2.31. The number of esters is 2. The third-order valence-corrected chi connectivity index (χ3v) is 7.58. The summed E-state index contributed by atoms with van der Waals surface area (Å²) < 4.78 is 18.5. The molecule has 5 atom stereocenters. The predicted molar refractivity (Wildman–Crippen MR) is 170 cm³/mol. The Morgan fingerprint density at radius 2 is 1.91 bits per heavy atom. The van der Waals surface area contributed by atoms with E-state index in [1.807, 2.05) is 46.2 Å². The number of cyclic esters (lactones) is 2. The Bertz CT molecular complexity index is 1400. The standard InChI is InChI=1S/C33H43ClN4O7/c1-20(2)14-29-33(42)44-27(21(3)10-11-24-18-36-38(5)19-24)8-7-9-30(39)37-26(31(40)35-17-22(4)32(41)45-29)16-23-12-13-28(43-6)25(34)15-23/h7,9-13,15,18-22,26-27,29H,8,14,16-17H2,1-6H3,(H,35,40)(H,37,39)/b9-7-,11-10+/t21-,22-,26-,27+,29+/m1/s1. The summed E-state index contributed by atoms with van der Waals surface area (Å²) in [6.07, 6.45) is 9.06. The molecule has 0 aliphatic carbocycles. The third-order valence-electron chi connectivity index (χ3n) is 7.29. The highest BCUT2D eigenvalue weighted by molar-refractivity contribution is 6.32. The van der Waals surface area contributed by atoms with E-state index in [9.17, 15) is 19.2 Å². The lowest BCUT2D eigenvalue weighted by Crippen LogP contribution is -2.49. The monoisotopic (exact) mass is 642 g/mol. The molecule has 244 valence electrons. The van der Waals surface area contributed by atoms with Crippen molar-refractivity contribution in [1.82, 2.24) is 20.4 Å². The quantitative estimate of drug-likeness (QED) is 0.412. The lowest BCUT2D eigenvalue weighted by molar-refractivity contribution is -0.175. The van der Waals surface area contributed by atoms with Crippen molar-refractivity contribution in [2.75, 3.05) is 13.7 Å². The normalized spacial score (nSPS) is 23.6. The zero-order chi connectivity index (χ0) is 33.1. The van der Waals surface area contributed by atoms with Crippen LogP contribution in [0, 0.1) is 17.8 Å². The van der Waals surface area contributed by atoms with Crippen LogP contribution in [0.2, 0.25) is 5.02 Å². The number of methoxy groups -OCH3 is 1.